The molecule has 1 aromatic rings. The molecule has 0 aliphatic heterocycles. The number of hydrogen-bond donors (Lipinski definition) is 1. The Kier molecular flexibility index (Phi) is 8.62. The Labute approximate surface area is 142 Å². The molecule has 0 amide bonds. The van der Waals surface area contributed by atoms with Crippen molar-refractivity contribution in [3.05, 3.63) is 24.3 Å². The van der Waals surface area contributed by atoms with Gasteiger partial charge in [-0.15, -0.1) is 11.8 Å². The molecule has 0 aliphatic rings. The number of nitrogens with one attached hydrogen (secondary N) is 1. The molecule has 124 valence electrons. The van der Waals surface area contributed by atoms with Crippen LogP contribution in [0.15, 0.2) is 34.2 Å². The Morgan fingerprint density at radius 3 is 2.45 bits per heavy atom. The van der Waals surface area contributed by atoms with Crippen molar-refractivity contribution in [2.24, 2.45) is 4.99 Å². The van der Waals surface area contributed by atoms with Gasteiger partial charge in [-0.2, -0.15) is 0 Å². The van der Waals surface area contributed by atoms with Gasteiger partial charge in [0.15, 0.2) is 0 Å². The van der Waals surface area contributed by atoms with Gasteiger partial charge in [0.2, 0.25) is 0 Å². The van der Waals surface area contributed by atoms with Crippen LogP contribution >= 0.6 is 29.8 Å². The molecule has 2 atom stereocenters. The van der Waals surface area contributed by atoms with Crippen LogP contribution in [0.2, 0.25) is 0 Å². The van der Waals surface area contributed by atoms with E-state index in [1.54, 1.807) is 25.1 Å². The largest absolute Gasteiger partial charge is 0.294 e. The van der Waals surface area contributed by atoms with Crippen LogP contribution in [0.25, 0.3) is 0 Å². The van der Waals surface area contributed by atoms with E-state index in [0.717, 1.165) is 12.1 Å². The highest BCUT2D eigenvalue weighted by Gasteiger charge is 2.28. The van der Waals surface area contributed by atoms with Crippen LogP contribution in [-0.4, -0.2) is 36.1 Å². The minimum Gasteiger partial charge on any atom is -0.294 e. The molecule has 0 saturated heterocycles. The van der Waals surface area contributed by atoms with Crippen LogP contribution in [-0.2, 0) is 4.57 Å². The molecule has 0 aliphatic carbocycles. The van der Waals surface area contributed by atoms with Gasteiger partial charge in [0.05, 0.1) is 12.0 Å². The lowest BCUT2D eigenvalue weighted by atomic mass is 10.3. The van der Waals surface area contributed by atoms with E-state index in [0.29, 0.717) is 11.8 Å². The zero-order valence-electron chi connectivity index (χ0n) is 13.9. The van der Waals surface area contributed by atoms with Crippen molar-refractivity contribution in [3.8, 4) is 0 Å². The molecule has 2 unspecified atom stereocenters. The minimum absolute atomic E-state index is 0.335. The van der Waals surface area contributed by atoms with Crippen molar-refractivity contribution in [1.29, 1.82) is 0 Å². The standard InChI is InChI=1S/C15H26N3OPS2/c1-6-13(3)22-20(19,16-4)18(7-2)12-17-14-8-10-15(21-5)11-9-14/h8-13H,6-7H2,1-5H3,(H,16,19). The highest BCUT2D eigenvalue weighted by Crippen LogP contribution is 2.59. The summed E-state index contributed by atoms with van der Waals surface area (Å²) in [4.78, 5) is 5.67. The second-order valence-corrected chi connectivity index (χ2v) is 10.8. The molecule has 1 rings (SSSR count). The van der Waals surface area contributed by atoms with Gasteiger partial charge in [0.1, 0.15) is 0 Å². The van der Waals surface area contributed by atoms with Crippen molar-refractivity contribution >= 4 is 41.8 Å². The number of rotatable bonds is 9. The Bertz CT molecular complexity index is 522. The second kappa shape index (κ2) is 9.66. The Balaban J connectivity index is 2.88. The predicted molar refractivity (Wildman–Crippen MR) is 103 cm³/mol. The zero-order valence-corrected chi connectivity index (χ0v) is 16.5. The third kappa shape index (κ3) is 5.65. The lowest BCUT2D eigenvalue weighted by Crippen LogP contribution is -2.24. The highest BCUT2D eigenvalue weighted by atomic mass is 32.7. The smallest absolute Gasteiger partial charge is 0.293 e. The van der Waals surface area contributed by atoms with Crippen molar-refractivity contribution < 1.29 is 4.57 Å². The maximum absolute atomic E-state index is 13.1. The molecule has 0 aromatic heterocycles. The summed E-state index contributed by atoms with van der Waals surface area (Å²) in [7, 11) is 1.75. The molecule has 0 bridgehead atoms. The van der Waals surface area contributed by atoms with Crippen LogP contribution in [0.4, 0.5) is 5.69 Å². The average Bonchev–Trinajstić information content (AvgIpc) is 2.55. The first kappa shape index (κ1) is 19.6. The first-order valence-electron chi connectivity index (χ1n) is 7.41. The van der Waals surface area contributed by atoms with Crippen molar-refractivity contribution in [2.45, 2.75) is 37.3 Å². The van der Waals surface area contributed by atoms with E-state index in [1.165, 1.54) is 16.3 Å². The fraction of sp³-hybridized carbons (Fsp3) is 0.533. The highest BCUT2D eigenvalue weighted by molar-refractivity contribution is 8.57. The summed E-state index contributed by atoms with van der Waals surface area (Å²) in [6.07, 6.45) is 4.73. The van der Waals surface area contributed by atoms with Crippen LogP contribution in [0.5, 0.6) is 0 Å². The summed E-state index contributed by atoms with van der Waals surface area (Å²) in [5.74, 6) is 0. The van der Waals surface area contributed by atoms with Gasteiger partial charge in [-0.25, -0.2) is 10.1 Å². The topological polar surface area (TPSA) is 44.7 Å². The maximum Gasteiger partial charge on any atom is 0.293 e. The van der Waals surface area contributed by atoms with Crippen LogP contribution in [0.1, 0.15) is 27.2 Å². The third-order valence-corrected chi connectivity index (χ3v) is 9.72. The molecule has 0 spiro atoms. The van der Waals surface area contributed by atoms with Gasteiger partial charge in [-0.05, 0) is 50.9 Å². The minimum atomic E-state index is -2.69. The van der Waals surface area contributed by atoms with Gasteiger partial charge in [-0.1, -0.05) is 25.2 Å². The van der Waals surface area contributed by atoms with E-state index < -0.39 is 6.65 Å². The molecule has 0 saturated carbocycles. The number of hydrogen-bond acceptors (Lipinski definition) is 4. The Morgan fingerprint density at radius 2 is 2.00 bits per heavy atom. The van der Waals surface area contributed by atoms with E-state index in [9.17, 15) is 4.57 Å². The summed E-state index contributed by atoms with van der Waals surface area (Å²) in [5, 5.41) is 3.33. The number of aliphatic imine (C=N–C) groups is 1. The van der Waals surface area contributed by atoms with E-state index in [1.807, 2.05) is 42.1 Å². The van der Waals surface area contributed by atoms with Gasteiger partial charge >= 0.3 is 0 Å². The van der Waals surface area contributed by atoms with E-state index in [4.69, 9.17) is 0 Å². The molecule has 0 radical (unpaired) electrons. The van der Waals surface area contributed by atoms with Gasteiger partial charge < -0.3 is 0 Å². The summed E-state index contributed by atoms with van der Waals surface area (Å²) in [6, 6.07) is 8.03. The van der Waals surface area contributed by atoms with Crippen molar-refractivity contribution in [3.63, 3.8) is 0 Å². The first-order valence-corrected chi connectivity index (χ1v) is 11.8. The Morgan fingerprint density at radius 1 is 1.36 bits per heavy atom. The van der Waals surface area contributed by atoms with Gasteiger partial charge in [0.25, 0.3) is 6.65 Å². The fourth-order valence-electron chi connectivity index (χ4n) is 1.70. The quantitative estimate of drug-likeness (QED) is 0.282. The second-order valence-electron chi connectivity index (χ2n) is 4.77. The molecule has 1 N–H and O–H groups in total. The fourth-order valence-corrected chi connectivity index (χ4v) is 6.85. The van der Waals surface area contributed by atoms with E-state index >= 15 is 0 Å². The lowest BCUT2D eigenvalue weighted by molar-refractivity contribution is 0.535. The Hall–Kier alpha value is -0.420. The summed E-state index contributed by atoms with van der Waals surface area (Å²) >= 11 is 3.20. The molecule has 1 aromatic carbocycles. The van der Waals surface area contributed by atoms with Crippen molar-refractivity contribution in [2.75, 3.05) is 19.8 Å². The molecule has 7 heteroatoms. The summed E-state index contributed by atoms with van der Waals surface area (Å²) in [5.41, 5.74) is 0.868. The number of nitrogens with zero attached hydrogens (tertiary/aromatic N) is 2. The SMILES string of the molecule is CCC(C)SP(=O)(NC)N(C=Nc1ccc(SC)cc1)CC. The number of thioether (sulfide) groups is 1. The predicted octanol–water partition coefficient (Wildman–Crippen LogP) is 5.25. The molecule has 0 fully saturated rings. The summed E-state index contributed by atoms with van der Waals surface area (Å²) < 4.78 is 14.9. The monoisotopic (exact) mass is 359 g/mol. The molecule has 4 nitrogen and oxygen atoms in total. The van der Waals surface area contributed by atoms with E-state index in [-0.39, 0.29) is 0 Å². The molecular formula is C15H26N3OPS2. The normalized spacial score (nSPS) is 15.7. The zero-order chi connectivity index (χ0) is 16.6. The number of benzene rings is 1. The van der Waals surface area contributed by atoms with Crippen LogP contribution in [0, 0.1) is 0 Å². The molecular weight excluding hydrogens is 333 g/mol. The van der Waals surface area contributed by atoms with Crippen LogP contribution in [0.3, 0.4) is 0 Å². The molecule has 0 heterocycles. The lowest BCUT2D eigenvalue weighted by Gasteiger charge is -2.29. The van der Waals surface area contributed by atoms with Gasteiger partial charge in [0, 0.05) is 16.7 Å². The summed E-state index contributed by atoms with van der Waals surface area (Å²) in [6.45, 7) is 4.15. The van der Waals surface area contributed by atoms with Crippen LogP contribution < -0.4 is 5.09 Å². The third-order valence-electron chi connectivity index (χ3n) is 3.26. The van der Waals surface area contributed by atoms with Crippen molar-refractivity contribution in [1.82, 2.24) is 9.76 Å². The molecule has 22 heavy (non-hydrogen) atoms. The maximum atomic E-state index is 13.1. The van der Waals surface area contributed by atoms with Gasteiger partial charge in [-0.3, -0.25) is 9.24 Å². The van der Waals surface area contributed by atoms with E-state index in [2.05, 4.69) is 23.9 Å². The average molecular weight is 360 g/mol. The first-order chi connectivity index (χ1) is 10.5.